The summed E-state index contributed by atoms with van der Waals surface area (Å²) in [5.41, 5.74) is 2.41. The van der Waals surface area contributed by atoms with E-state index in [4.69, 9.17) is 0 Å². The van der Waals surface area contributed by atoms with Crippen molar-refractivity contribution < 1.29 is 23.1 Å². The third kappa shape index (κ3) is 4.27. The van der Waals surface area contributed by atoms with Crippen LogP contribution < -0.4 is 10.9 Å². The minimum atomic E-state index is -4.37. The number of hydrogen-bond acceptors (Lipinski definition) is 3. The highest BCUT2D eigenvalue weighted by atomic mass is 19.4. The van der Waals surface area contributed by atoms with Crippen molar-refractivity contribution in [2.24, 2.45) is 0 Å². The first-order valence-corrected chi connectivity index (χ1v) is 10.1. The predicted molar refractivity (Wildman–Crippen MR) is 119 cm³/mol. The number of aromatic amines is 2. The van der Waals surface area contributed by atoms with Crippen molar-refractivity contribution in [3.8, 4) is 11.1 Å². The van der Waals surface area contributed by atoms with E-state index in [0.717, 1.165) is 6.92 Å². The monoisotopic (exact) mass is 455 g/mol. The molecule has 0 saturated heterocycles. The zero-order valence-electron chi connectivity index (χ0n) is 17.5. The lowest BCUT2D eigenvalue weighted by Crippen LogP contribution is -2.18. The van der Waals surface area contributed by atoms with E-state index in [2.05, 4.69) is 15.3 Å². The van der Waals surface area contributed by atoms with Gasteiger partial charge in [0.15, 0.2) is 0 Å². The topological polar surface area (TPSA) is 98.0 Å². The zero-order valence-corrected chi connectivity index (χ0v) is 17.5. The van der Waals surface area contributed by atoms with Crippen LogP contribution in [0.25, 0.3) is 22.0 Å². The van der Waals surface area contributed by atoms with E-state index in [1.54, 1.807) is 36.7 Å². The molecule has 2 heterocycles. The van der Waals surface area contributed by atoms with Crippen LogP contribution in [0.4, 0.5) is 18.9 Å². The molecule has 4 N–H and O–H groups in total. The summed E-state index contributed by atoms with van der Waals surface area (Å²) in [5.74, 6) is -2.17. The van der Waals surface area contributed by atoms with Gasteiger partial charge >= 0.3 is 6.18 Å². The summed E-state index contributed by atoms with van der Waals surface area (Å²) in [6.45, 7) is 0.672. The molecule has 2 aromatic carbocycles. The first kappa shape index (κ1) is 22.3. The smallest absolute Gasteiger partial charge is 0.392 e. The molecule has 0 aliphatic heterocycles. The van der Waals surface area contributed by atoms with E-state index in [0.29, 0.717) is 33.3 Å². The minimum Gasteiger partial charge on any atom is -0.392 e. The summed E-state index contributed by atoms with van der Waals surface area (Å²) in [7, 11) is 0. The molecule has 0 bridgehead atoms. The Morgan fingerprint density at radius 1 is 1.06 bits per heavy atom. The molecule has 1 atom stereocenters. The van der Waals surface area contributed by atoms with Gasteiger partial charge in [-0.2, -0.15) is 13.2 Å². The van der Waals surface area contributed by atoms with Gasteiger partial charge in [-0.15, -0.1) is 0 Å². The van der Waals surface area contributed by atoms with E-state index in [9.17, 15) is 27.9 Å². The number of hydrogen-bond donors (Lipinski definition) is 4. The molecule has 4 aromatic rings. The molecule has 0 radical (unpaired) electrons. The van der Waals surface area contributed by atoms with Crippen LogP contribution in [0, 0.1) is 0 Å². The number of benzene rings is 2. The van der Waals surface area contributed by atoms with Gasteiger partial charge in [0.2, 0.25) is 0 Å². The number of aliphatic hydroxyl groups is 1. The summed E-state index contributed by atoms with van der Waals surface area (Å²) >= 11 is 0. The van der Waals surface area contributed by atoms with Crippen LogP contribution in [0.2, 0.25) is 0 Å². The summed E-state index contributed by atoms with van der Waals surface area (Å²) in [6, 6.07) is 12.0. The van der Waals surface area contributed by atoms with Crippen molar-refractivity contribution in [2.75, 3.05) is 5.32 Å². The summed E-state index contributed by atoms with van der Waals surface area (Å²) in [4.78, 5) is 30.3. The van der Waals surface area contributed by atoms with Crippen LogP contribution in [0.3, 0.4) is 0 Å². The van der Waals surface area contributed by atoms with Gasteiger partial charge < -0.3 is 20.4 Å². The number of halogens is 3. The van der Waals surface area contributed by atoms with Crippen molar-refractivity contribution in [2.45, 2.75) is 25.6 Å². The SMILES string of the molecule is CC(c1ccc(C(=O)Nc2cccc(-c3c[nH]c(=O)c4[nH]ccc34)c2CO)cc1)C(F)(F)F. The first-order chi connectivity index (χ1) is 15.7. The first-order valence-electron chi connectivity index (χ1n) is 10.1. The fourth-order valence-corrected chi connectivity index (χ4v) is 3.73. The molecule has 2 aromatic heterocycles. The van der Waals surface area contributed by atoms with E-state index < -0.39 is 24.6 Å². The Morgan fingerprint density at radius 2 is 1.79 bits per heavy atom. The normalized spacial score (nSPS) is 12.6. The van der Waals surface area contributed by atoms with Gasteiger partial charge in [-0.1, -0.05) is 24.3 Å². The van der Waals surface area contributed by atoms with Gasteiger partial charge in [-0.25, -0.2) is 0 Å². The van der Waals surface area contributed by atoms with Crippen molar-refractivity contribution in [1.82, 2.24) is 9.97 Å². The van der Waals surface area contributed by atoms with Crippen LogP contribution in [0.1, 0.15) is 34.3 Å². The van der Waals surface area contributed by atoms with Crippen molar-refractivity contribution in [3.63, 3.8) is 0 Å². The molecule has 170 valence electrons. The number of rotatable bonds is 5. The Kier molecular flexibility index (Phi) is 5.82. The predicted octanol–water partition coefficient (Wildman–Crippen LogP) is 4.93. The van der Waals surface area contributed by atoms with Gasteiger partial charge in [0, 0.05) is 40.2 Å². The standard InChI is InChI=1S/C24H20F3N3O3/c1-13(24(25,26)27)14-5-7-15(8-6-14)22(32)30-20-4-2-3-16(19(20)12-31)18-11-29-23(33)21-17(18)9-10-28-21/h2-11,13,28,31H,12H2,1H3,(H,29,33)(H,30,32). The molecule has 9 heteroatoms. The molecule has 0 spiro atoms. The lowest BCUT2D eigenvalue weighted by Gasteiger charge is -2.17. The average molecular weight is 455 g/mol. The maximum Gasteiger partial charge on any atom is 0.395 e. The van der Waals surface area contributed by atoms with Gasteiger partial charge in [0.1, 0.15) is 5.52 Å². The number of H-pyrrole nitrogens is 2. The van der Waals surface area contributed by atoms with Crippen molar-refractivity contribution >= 4 is 22.5 Å². The maximum absolute atomic E-state index is 12.9. The van der Waals surface area contributed by atoms with E-state index >= 15 is 0 Å². The van der Waals surface area contributed by atoms with Crippen LogP contribution in [-0.2, 0) is 6.61 Å². The van der Waals surface area contributed by atoms with Gasteiger partial charge in [0.05, 0.1) is 12.5 Å². The van der Waals surface area contributed by atoms with E-state index in [1.165, 1.54) is 24.3 Å². The minimum absolute atomic E-state index is 0.0608. The fourth-order valence-electron chi connectivity index (χ4n) is 3.73. The van der Waals surface area contributed by atoms with Crippen molar-refractivity contribution in [3.05, 3.63) is 88.0 Å². The number of amides is 1. The number of aliphatic hydroxyl groups excluding tert-OH is 1. The molecule has 33 heavy (non-hydrogen) atoms. The molecule has 1 amide bonds. The summed E-state index contributed by atoms with van der Waals surface area (Å²) < 4.78 is 38.8. The molecule has 0 aliphatic carbocycles. The van der Waals surface area contributed by atoms with Crippen LogP contribution in [0.15, 0.2) is 65.7 Å². The van der Waals surface area contributed by atoms with E-state index in [1.807, 2.05) is 0 Å². The number of alkyl halides is 3. The number of fused-ring (bicyclic) bond motifs is 1. The molecular formula is C24H20F3N3O3. The third-order valence-electron chi connectivity index (χ3n) is 5.65. The maximum atomic E-state index is 12.9. The highest BCUT2D eigenvalue weighted by molar-refractivity contribution is 6.05. The number of anilines is 1. The van der Waals surface area contributed by atoms with Gasteiger partial charge in [0.25, 0.3) is 11.5 Å². The molecule has 6 nitrogen and oxygen atoms in total. The molecule has 0 saturated carbocycles. The average Bonchev–Trinajstić information content (AvgIpc) is 3.29. The Labute approximate surface area is 186 Å². The quantitative estimate of drug-likeness (QED) is 0.343. The molecule has 0 aliphatic rings. The zero-order chi connectivity index (χ0) is 23.8. The number of carbonyl (C=O) groups excluding carboxylic acids is 1. The molecule has 1 unspecified atom stereocenters. The van der Waals surface area contributed by atoms with Crippen LogP contribution >= 0.6 is 0 Å². The second-order valence-corrected chi connectivity index (χ2v) is 7.63. The number of pyridine rings is 1. The van der Waals surface area contributed by atoms with E-state index in [-0.39, 0.29) is 16.7 Å². The second-order valence-electron chi connectivity index (χ2n) is 7.63. The Morgan fingerprint density at radius 3 is 2.45 bits per heavy atom. The lowest BCUT2D eigenvalue weighted by molar-refractivity contribution is -0.146. The fraction of sp³-hybridized carbons (Fsp3) is 0.167. The molecular weight excluding hydrogens is 435 g/mol. The molecule has 0 fully saturated rings. The third-order valence-corrected chi connectivity index (χ3v) is 5.65. The number of aromatic nitrogens is 2. The van der Waals surface area contributed by atoms with Crippen molar-refractivity contribution in [1.29, 1.82) is 0 Å². The Balaban J connectivity index is 1.65. The van der Waals surface area contributed by atoms with Gasteiger partial charge in [-0.3, -0.25) is 9.59 Å². The number of carbonyl (C=O) groups is 1. The highest BCUT2D eigenvalue weighted by Gasteiger charge is 2.36. The summed E-state index contributed by atoms with van der Waals surface area (Å²) in [5, 5.41) is 13.4. The van der Waals surface area contributed by atoms with Crippen LogP contribution in [-0.4, -0.2) is 27.2 Å². The summed E-state index contributed by atoms with van der Waals surface area (Å²) in [6.07, 6.45) is -1.19. The molecule has 4 rings (SSSR count). The van der Waals surface area contributed by atoms with Crippen LogP contribution in [0.5, 0.6) is 0 Å². The second kappa shape index (κ2) is 8.59. The number of nitrogens with one attached hydrogen (secondary N) is 3. The largest absolute Gasteiger partial charge is 0.395 e. The highest BCUT2D eigenvalue weighted by Crippen LogP contribution is 2.35. The Bertz CT molecular complexity index is 1370. The lowest BCUT2D eigenvalue weighted by atomic mass is 9.97. The Hall–Kier alpha value is -3.85. The van der Waals surface area contributed by atoms with Gasteiger partial charge in [-0.05, 0) is 42.3 Å².